The molecule has 1 atom stereocenters. The molecule has 1 fully saturated rings. The fourth-order valence-corrected chi connectivity index (χ4v) is 4.09. The second kappa shape index (κ2) is 8.20. The molecular formula is C21H24ClN5O. The SMILES string of the molecule is Nc1nc(N)c2c(OC(Cc3cccc(Cl)c3)C3CCNCC3)cccc2n1. The number of nitrogen functional groups attached to an aromatic ring is 2. The molecule has 1 saturated heterocycles. The molecule has 28 heavy (non-hydrogen) atoms. The Morgan fingerprint density at radius 2 is 1.89 bits per heavy atom. The number of nitrogens with two attached hydrogens (primary N) is 2. The molecule has 0 bridgehead atoms. The summed E-state index contributed by atoms with van der Waals surface area (Å²) in [5.41, 5.74) is 13.7. The molecule has 2 aromatic carbocycles. The molecule has 1 unspecified atom stereocenters. The summed E-state index contributed by atoms with van der Waals surface area (Å²) in [6, 6.07) is 13.6. The zero-order valence-corrected chi connectivity index (χ0v) is 16.3. The third-order valence-corrected chi connectivity index (χ3v) is 5.48. The summed E-state index contributed by atoms with van der Waals surface area (Å²) in [6.07, 6.45) is 2.91. The Morgan fingerprint density at radius 1 is 1.11 bits per heavy atom. The highest BCUT2D eigenvalue weighted by Crippen LogP contribution is 2.33. The molecule has 4 rings (SSSR count). The van der Waals surface area contributed by atoms with E-state index < -0.39 is 0 Å². The number of aromatic nitrogens is 2. The first-order valence-electron chi connectivity index (χ1n) is 9.53. The molecule has 0 spiro atoms. The van der Waals surface area contributed by atoms with Gasteiger partial charge in [0.25, 0.3) is 0 Å². The van der Waals surface area contributed by atoms with E-state index in [1.807, 2.05) is 36.4 Å². The number of benzene rings is 2. The first-order chi connectivity index (χ1) is 13.6. The highest BCUT2D eigenvalue weighted by Gasteiger charge is 2.26. The van der Waals surface area contributed by atoms with Crippen LogP contribution >= 0.6 is 11.6 Å². The van der Waals surface area contributed by atoms with Crippen molar-refractivity contribution >= 4 is 34.3 Å². The van der Waals surface area contributed by atoms with Crippen LogP contribution in [0.15, 0.2) is 42.5 Å². The Morgan fingerprint density at radius 3 is 2.68 bits per heavy atom. The summed E-state index contributed by atoms with van der Waals surface area (Å²) >= 11 is 6.19. The second-order valence-corrected chi connectivity index (χ2v) is 7.63. The number of nitrogens with zero attached hydrogens (tertiary/aromatic N) is 2. The lowest BCUT2D eigenvalue weighted by atomic mass is 9.88. The van der Waals surface area contributed by atoms with Gasteiger partial charge in [0.15, 0.2) is 0 Å². The maximum absolute atomic E-state index is 6.56. The van der Waals surface area contributed by atoms with Gasteiger partial charge in [-0.05, 0) is 61.7 Å². The lowest BCUT2D eigenvalue weighted by Gasteiger charge is -2.31. The van der Waals surface area contributed by atoms with E-state index in [0.717, 1.165) is 42.9 Å². The summed E-state index contributed by atoms with van der Waals surface area (Å²) in [5.74, 6) is 1.63. The number of hydrogen-bond donors (Lipinski definition) is 3. The van der Waals surface area contributed by atoms with Gasteiger partial charge in [-0.25, -0.2) is 4.98 Å². The summed E-state index contributed by atoms with van der Waals surface area (Å²) in [7, 11) is 0. The number of halogens is 1. The average molecular weight is 398 g/mol. The zero-order chi connectivity index (χ0) is 19.5. The van der Waals surface area contributed by atoms with Crippen LogP contribution in [0.1, 0.15) is 18.4 Å². The maximum Gasteiger partial charge on any atom is 0.222 e. The molecule has 3 aromatic rings. The van der Waals surface area contributed by atoms with E-state index in [9.17, 15) is 0 Å². The van der Waals surface area contributed by atoms with Crippen molar-refractivity contribution < 1.29 is 4.74 Å². The van der Waals surface area contributed by atoms with Gasteiger partial charge < -0.3 is 21.5 Å². The Balaban J connectivity index is 1.68. The number of anilines is 2. The van der Waals surface area contributed by atoms with E-state index in [4.69, 9.17) is 27.8 Å². The second-order valence-electron chi connectivity index (χ2n) is 7.20. The molecule has 0 radical (unpaired) electrons. The molecule has 7 heteroatoms. The van der Waals surface area contributed by atoms with Crippen LogP contribution in [0.25, 0.3) is 10.9 Å². The zero-order valence-electron chi connectivity index (χ0n) is 15.6. The van der Waals surface area contributed by atoms with Crippen LogP contribution in [0.2, 0.25) is 5.02 Å². The van der Waals surface area contributed by atoms with Gasteiger partial charge in [0.05, 0.1) is 10.9 Å². The van der Waals surface area contributed by atoms with Gasteiger partial charge in [-0.15, -0.1) is 0 Å². The van der Waals surface area contributed by atoms with E-state index in [1.165, 1.54) is 0 Å². The monoisotopic (exact) mass is 397 g/mol. The topological polar surface area (TPSA) is 99.1 Å². The Labute approximate surface area is 169 Å². The fourth-order valence-electron chi connectivity index (χ4n) is 3.88. The first-order valence-corrected chi connectivity index (χ1v) is 9.91. The van der Waals surface area contributed by atoms with Gasteiger partial charge in [0.1, 0.15) is 17.7 Å². The number of hydrogen-bond acceptors (Lipinski definition) is 6. The maximum atomic E-state index is 6.56. The van der Waals surface area contributed by atoms with Crippen molar-refractivity contribution in [2.45, 2.75) is 25.4 Å². The Kier molecular flexibility index (Phi) is 5.50. The van der Waals surface area contributed by atoms with E-state index in [1.54, 1.807) is 0 Å². The smallest absolute Gasteiger partial charge is 0.222 e. The molecule has 1 aromatic heterocycles. The Bertz CT molecular complexity index is 974. The third-order valence-electron chi connectivity index (χ3n) is 5.24. The summed E-state index contributed by atoms with van der Waals surface area (Å²) in [5, 5.41) is 4.87. The standard InChI is InChI=1S/C21H24ClN5O/c22-15-4-1-3-13(11-15)12-18(14-7-9-25-10-8-14)28-17-6-2-5-16-19(17)20(23)27-21(24)26-16/h1-6,11,14,18,25H,7-10,12H2,(H4,23,24,26,27). The van der Waals surface area contributed by atoms with Gasteiger partial charge >= 0.3 is 0 Å². The van der Waals surface area contributed by atoms with Gasteiger partial charge in [-0.3, -0.25) is 0 Å². The lowest BCUT2D eigenvalue weighted by molar-refractivity contribution is 0.113. The predicted octanol–water partition coefficient (Wildman–Crippen LogP) is 3.44. The number of fused-ring (bicyclic) bond motifs is 1. The molecule has 1 aliphatic heterocycles. The van der Waals surface area contributed by atoms with Crippen LogP contribution < -0.4 is 21.5 Å². The van der Waals surface area contributed by atoms with Gasteiger partial charge in [0, 0.05) is 11.4 Å². The average Bonchev–Trinajstić information content (AvgIpc) is 2.68. The van der Waals surface area contributed by atoms with Crippen LogP contribution in [-0.4, -0.2) is 29.2 Å². The fraction of sp³-hybridized carbons (Fsp3) is 0.333. The minimum absolute atomic E-state index is 0.00289. The molecular weight excluding hydrogens is 374 g/mol. The minimum Gasteiger partial charge on any atom is -0.489 e. The van der Waals surface area contributed by atoms with E-state index in [2.05, 4.69) is 21.4 Å². The van der Waals surface area contributed by atoms with Crippen LogP contribution in [-0.2, 0) is 6.42 Å². The van der Waals surface area contributed by atoms with Crippen LogP contribution in [0.4, 0.5) is 11.8 Å². The normalized spacial score (nSPS) is 16.2. The van der Waals surface area contributed by atoms with Gasteiger partial charge in [0.2, 0.25) is 5.95 Å². The van der Waals surface area contributed by atoms with Crippen LogP contribution in [0, 0.1) is 5.92 Å². The molecule has 1 aliphatic rings. The van der Waals surface area contributed by atoms with Crippen molar-refractivity contribution in [3.8, 4) is 5.75 Å². The summed E-state index contributed by atoms with van der Waals surface area (Å²) in [4.78, 5) is 8.41. The van der Waals surface area contributed by atoms with E-state index in [0.29, 0.717) is 28.4 Å². The number of rotatable bonds is 5. The highest BCUT2D eigenvalue weighted by molar-refractivity contribution is 6.30. The van der Waals surface area contributed by atoms with Crippen molar-refractivity contribution in [2.75, 3.05) is 24.6 Å². The highest BCUT2D eigenvalue weighted by atomic mass is 35.5. The quantitative estimate of drug-likeness (QED) is 0.610. The lowest BCUT2D eigenvalue weighted by Crippen LogP contribution is -2.38. The van der Waals surface area contributed by atoms with E-state index in [-0.39, 0.29) is 12.1 Å². The minimum atomic E-state index is 0.00289. The van der Waals surface area contributed by atoms with E-state index >= 15 is 0 Å². The van der Waals surface area contributed by atoms with Crippen LogP contribution in [0.3, 0.4) is 0 Å². The molecule has 0 amide bonds. The van der Waals surface area contributed by atoms with Crippen molar-refractivity contribution in [3.05, 3.63) is 53.1 Å². The summed E-state index contributed by atoms with van der Waals surface area (Å²) < 4.78 is 6.56. The summed E-state index contributed by atoms with van der Waals surface area (Å²) in [6.45, 7) is 1.99. The van der Waals surface area contributed by atoms with Crippen molar-refractivity contribution in [3.63, 3.8) is 0 Å². The van der Waals surface area contributed by atoms with Gasteiger partial charge in [-0.2, -0.15) is 4.98 Å². The van der Waals surface area contributed by atoms with Crippen LogP contribution in [0.5, 0.6) is 5.75 Å². The molecule has 146 valence electrons. The number of ether oxygens (including phenoxy) is 1. The Hall–Kier alpha value is -2.57. The van der Waals surface area contributed by atoms with Crippen molar-refractivity contribution in [1.29, 1.82) is 0 Å². The third kappa shape index (κ3) is 4.13. The molecule has 5 N–H and O–H groups in total. The molecule has 2 heterocycles. The predicted molar refractivity (Wildman–Crippen MR) is 114 cm³/mol. The van der Waals surface area contributed by atoms with Gasteiger partial charge in [-0.1, -0.05) is 29.8 Å². The number of piperidine rings is 1. The molecule has 6 nitrogen and oxygen atoms in total. The first kappa shape index (κ1) is 18.8. The number of nitrogens with one attached hydrogen (secondary N) is 1. The molecule has 0 aliphatic carbocycles. The molecule has 0 saturated carbocycles. The van der Waals surface area contributed by atoms with Crippen molar-refractivity contribution in [1.82, 2.24) is 15.3 Å². The van der Waals surface area contributed by atoms with Crippen molar-refractivity contribution in [2.24, 2.45) is 5.92 Å². The largest absolute Gasteiger partial charge is 0.489 e.